The predicted octanol–water partition coefficient (Wildman–Crippen LogP) is 5.62. The minimum absolute atomic E-state index is 0.391. The standard InChI is InChI=1S/C20H34O/c1-2-3-15-4-9-20-13-19(11-10-18(20)12-15)17-7-5-16(14-21)6-8-17/h14-20H,2-13H2,1H3/t15-,16?,17?,18-,19+,20+/m0/s1. The van der Waals surface area contributed by atoms with Crippen LogP contribution in [-0.2, 0) is 4.79 Å². The summed E-state index contributed by atoms with van der Waals surface area (Å²) < 4.78 is 0. The molecule has 0 bridgehead atoms. The number of rotatable bonds is 4. The molecule has 0 saturated heterocycles. The van der Waals surface area contributed by atoms with Crippen molar-refractivity contribution in [1.82, 2.24) is 0 Å². The molecule has 3 aliphatic carbocycles. The average molecular weight is 290 g/mol. The van der Waals surface area contributed by atoms with Gasteiger partial charge in [-0.15, -0.1) is 0 Å². The quantitative estimate of drug-likeness (QED) is 0.614. The SMILES string of the molecule is CCC[C@H]1CC[C@@H]2C[C@H](C3CCC(C=O)CC3)CC[C@H]2C1. The first-order valence-electron chi connectivity index (χ1n) is 9.75. The van der Waals surface area contributed by atoms with E-state index in [0.29, 0.717) is 5.92 Å². The largest absolute Gasteiger partial charge is 0.303 e. The number of carbonyl (C=O) groups excluding carboxylic acids is 1. The number of fused-ring (bicyclic) bond motifs is 1. The second-order valence-electron chi connectivity index (χ2n) is 8.37. The molecule has 0 aromatic rings. The molecule has 120 valence electrons. The van der Waals surface area contributed by atoms with Crippen LogP contribution < -0.4 is 0 Å². The Labute approximate surface area is 131 Å². The molecule has 0 amide bonds. The van der Waals surface area contributed by atoms with E-state index in [0.717, 1.165) is 29.6 Å². The van der Waals surface area contributed by atoms with E-state index in [2.05, 4.69) is 6.92 Å². The van der Waals surface area contributed by atoms with Gasteiger partial charge >= 0.3 is 0 Å². The molecule has 0 aromatic heterocycles. The van der Waals surface area contributed by atoms with Gasteiger partial charge in [-0.2, -0.15) is 0 Å². The molecule has 3 fully saturated rings. The minimum Gasteiger partial charge on any atom is -0.303 e. The molecule has 0 N–H and O–H groups in total. The van der Waals surface area contributed by atoms with Crippen LogP contribution in [0.3, 0.4) is 0 Å². The van der Waals surface area contributed by atoms with Crippen LogP contribution in [0.5, 0.6) is 0 Å². The summed E-state index contributed by atoms with van der Waals surface area (Å²) in [6, 6.07) is 0. The first kappa shape index (κ1) is 15.6. The van der Waals surface area contributed by atoms with Crippen molar-refractivity contribution in [1.29, 1.82) is 0 Å². The molecule has 21 heavy (non-hydrogen) atoms. The smallest absolute Gasteiger partial charge is 0.123 e. The van der Waals surface area contributed by atoms with E-state index < -0.39 is 0 Å². The second-order valence-corrected chi connectivity index (χ2v) is 8.37. The Kier molecular flexibility index (Phi) is 5.40. The van der Waals surface area contributed by atoms with Crippen LogP contribution in [0.4, 0.5) is 0 Å². The van der Waals surface area contributed by atoms with Crippen molar-refractivity contribution < 1.29 is 4.79 Å². The molecule has 1 heteroatoms. The molecule has 4 atom stereocenters. The fraction of sp³-hybridized carbons (Fsp3) is 0.950. The van der Waals surface area contributed by atoms with Crippen LogP contribution in [-0.4, -0.2) is 6.29 Å². The average Bonchev–Trinajstić information content (AvgIpc) is 2.55. The Bertz CT molecular complexity index is 329. The predicted molar refractivity (Wildman–Crippen MR) is 88.1 cm³/mol. The summed E-state index contributed by atoms with van der Waals surface area (Å²) in [6.07, 6.45) is 18.2. The third-order valence-corrected chi connectivity index (χ3v) is 7.13. The van der Waals surface area contributed by atoms with Crippen molar-refractivity contribution in [2.45, 2.75) is 84.0 Å². The maximum atomic E-state index is 10.9. The third kappa shape index (κ3) is 3.71. The number of hydrogen-bond donors (Lipinski definition) is 0. The van der Waals surface area contributed by atoms with Gasteiger partial charge in [0, 0.05) is 5.92 Å². The summed E-state index contributed by atoms with van der Waals surface area (Å²) in [5, 5.41) is 0. The molecule has 0 spiro atoms. The molecule has 0 aromatic carbocycles. The van der Waals surface area contributed by atoms with Gasteiger partial charge in [0.25, 0.3) is 0 Å². The topological polar surface area (TPSA) is 17.1 Å². The maximum absolute atomic E-state index is 10.9. The van der Waals surface area contributed by atoms with E-state index in [1.807, 2.05) is 0 Å². The summed E-state index contributed by atoms with van der Waals surface area (Å²) in [4.78, 5) is 10.9. The van der Waals surface area contributed by atoms with Crippen molar-refractivity contribution >= 4 is 6.29 Å². The Morgan fingerprint density at radius 3 is 2.00 bits per heavy atom. The zero-order valence-electron chi connectivity index (χ0n) is 13.9. The van der Waals surface area contributed by atoms with Crippen molar-refractivity contribution in [2.75, 3.05) is 0 Å². The van der Waals surface area contributed by atoms with Gasteiger partial charge < -0.3 is 4.79 Å². The van der Waals surface area contributed by atoms with E-state index in [4.69, 9.17) is 0 Å². The van der Waals surface area contributed by atoms with Crippen LogP contribution in [0.2, 0.25) is 0 Å². The van der Waals surface area contributed by atoms with Crippen LogP contribution in [0.1, 0.15) is 84.0 Å². The van der Waals surface area contributed by atoms with Gasteiger partial charge in [0.15, 0.2) is 0 Å². The molecule has 3 saturated carbocycles. The highest BCUT2D eigenvalue weighted by Crippen LogP contribution is 2.49. The summed E-state index contributed by atoms with van der Waals surface area (Å²) in [5.41, 5.74) is 0. The van der Waals surface area contributed by atoms with Crippen molar-refractivity contribution in [3.8, 4) is 0 Å². The van der Waals surface area contributed by atoms with E-state index in [9.17, 15) is 4.79 Å². The van der Waals surface area contributed by atoms with E-state index in [-0.39, 0.29) is 0 Å². The highest BCUT2D eigenvalue weighted by Gasteiger charge is 2.38. The molecule has 0 unspecified atom stereocenters. The molecule has 0 aliphatic heterocycles. The molecule has 0 heterocycles. The van der Waals surface area contributed by atoms with Gasteiger partial charge in [0.1, 0.15) is 6.29 Å². The molecule has 0 radical (unpaired) electrons. The van der Waals surface area contributed by atoms with Crippen molar-refractivity contribution in [3.63, 3.8) is 0 Å². The van der Waals surface area contributed by atoms with Gasteiger partial charge in [-0.05, 0) is 87.4 Å². The highest BCUT2D eigenvalue weighted by atomic mass is 16.1. The number of carbonyl (C=O) groups is 1. The lowest BCUT2D eigenvalue weighted by Gasteiger charge is -2.45. The van der Waals surface area contributed by atoms with Gasteiger partial charge in [-0.25, -0.2) is 0 Å². The number of aldehydes is 1. The van der Waals surface area contributed by atoms with Crippen LogP contribution in [0, 0.1) is 35.5 Å². The normalized spacial score (nSPS) is 44.0. The second kappa shape index (κ2) is 7.29. The lowest BCUT2D eigenvalue weighted by molar-refractivity contribution is -0.112. The highest BCUT2D eigenvalue weighted by molar-refractivity contribution is 5.53. The van der Waals surface area contributed by atoms with E-state index in [1.54, 1.807) is 6.42 Å². The van der Waals surface area contributed by atoms with Crippen LogP contribution in [0.25, 0.3) is 0 Å². The first-order valence-corrected chi connectivity index (χ1v) is 9.75. The Morgan fingerprint density at radius 1 is 0.762 bits per heavy atom. The maximum Gasteiger partial charge on any atom is 0.123 e. The molecule has 1 nitrogen and oxygen atoms in total. The summed E-state index contributed by atoms with van der Waals surface area (Å²) in [6.45, 7) is 2.35. The molecular weight excluding hydrogens is 256 g/mol. The Balaban J connectivity index is 1.48. The van der Waals surface area contributed by atoms with Gasteiger partial charge in [0.2, 0.25) is 0 Å². The minimum atomic E-state index is 0.391. The number of hydrogen-bond acceptors (Lipinski definition) is 1. The lowest BCUT2D eigenvalue weighted by Crippen LogP contribution is -2.34. The Morgan fingerprint density at radius 2 is 1.33 bits per heavy atom. The van der Waals surface area contributed by atoms with Gasteiger partial charge in [-0.3, -0.25) is 0 Å². The molecule has 3 aliphatic rings. The summed E-state index contributed by atoms with van der Waals surface area (Å²) in [7, 11) is 0. The Hall–Kier alpha value is -0.330. The van der Waals surface area contributed by atoms with E-state index >= 15 is 0 Å². The lowest BCUT2D eigenvalue weighted by atomic mass is 9.60. The monoisotopic (exact) mass is 290 g/mol. The summed E-state index contributed by atoms with van der Waals surface area (Å²) >= 11 is 0. The van der Waals surface area contributed by atoms with Crippen molar-refractivity contribution in [3.05, 3.63) is 0 Å². The van der Waals surface area contributed by atoms with E-state index in [1.165, 1.54) is 76.9 Å². The fourth-order valence-corrected chi connectivity index (χ4v) is 5.87. The van der Waals surface area contributed by atoms with Crippen molar-refractivity contribution in [2.24, 2.45) is 35.5 Å². The molecule has 3 rings (SSSR count). The van der Waals surface area contributed by atoms with Crippen LogP contribution in [0.15, 0.2) is 0 Å². The van der Waals surface area contributed by atoms with Gasteiger partial charge in [-0.1, -0.05) is 26.2 Å². The zero-order chi connectivity index (χ0) is 14.7. The first-order chi connectivity index (χ1) is 10.3. The third-order valence-electron chi connectivity index (χ3n) is 7.13. The zero-order valence-corrected chi connectivity index (χ0v) is 13.9. The summed E-state index contributed by atoms with van der Waals surface area (Å²) in [5.74, 6) is 5.52. The van der Waals surface area contributed by atoms with Crippen LogP contribution >= 0.6 is 0 Å². The fourth-order valence-electron chi connectivity index (χ4n) is 5.87. The van der Waals surface area contributed by atoms with Gasteiger partial charge in [0.05, 0.1) is 0 Å². The molecular formula is C20H34O.